The zero-order chi connectivity index (χ0) is 11.5. The second kappa shape index (κ2) is 5.32. The first-order valence-corrected chi connectivity index (χ1v) is 7.62. The van der Waals surface area contributed by atoms with Gasteiger partial charge in [0.1, 0.15) is 0 Å². The molecule has 1 aliphatic rings. The zero-order valence-electron chi connectivity index (χ0n) is 9.41. The summed E-state index contributed by atoms with van der Waals surface area (Å²) >= 11 is 5.07. The molecule has 0 aromatic carbocycles. The minimum absolute atomic E-state index is 0.221. The molecule has 1 amide bonds. The monoisotopic (exact) mass is 301 g/mol. The highest BCUT2D eigenvalue weighted by molar-refractivity contribution is 9.09. The summed E-state index contributed by atoms with van der Waals surface area (Å²) in [6, 6.07) is 2.02. The number of piperidine rings is 1. The first kappa shape index (κ1) is 12.1. The molecule has 1 aromatic heterocycles. The molecular formula is C12H16BrNOS. The van der Waals surface area contributed by atoms with E-state index in [2.05, 4.69) is 15.9 Å². The molecule has 1 aromatic rings. The highest BCUT2D eigenvalue weighted by atomic mass is 79.9. The number of carbonyl (C=O) groups excluding carboxylic acids is 1. The van der Waals surface area contributed by atoms with Crippen LogP contribution in [0.3, 0.4) is 0 Å². The number of aryl methyl sites for hydroxylation is 1. The molecule has 4 heteroatoms. The van der Waals surface area contributed by atoms with Crippen LogP contribution >= 0.6 is 27.3 Å². The molecule has 1 fully saturated rings. The van der Waals surface area contributed by atoms with E-state index in [0.717, 1.165) is 35.3 Å². The maximum atomic E-state index is 12.3. The zero-order valence-corrected chi connectivity index (χ0v) is 11.8. The molecule has 1 atom stereocenters. The number of thiophene rings is 1. The van der Waals surface area contributed by atoms with Gasteiger partial charge in [0.25, 0.3) is 5.91 Å². The van der Waals surface area contributed by atoms with E-state index in [1.165, 1.54) is 6.42 Å². The fourth-order valence-electron chi connectivity index (χ4n) is 2.11. The number of hydrogen-bond acceptors (Lipinski definition) is 2. The van der Waals surface area contributed by atoms with Gasteiger partial charge < -0.3 is 4.90 Å². The van der Waals surface area contributed by atoms with Crippen molar-refractivity contribution in [2.45, 2.75) is 19.8 Å². The van der Waals surface area contributed by atoms with Gasteiger partial charge >= 0.3 is 0 Å². The molecule has 0 saturated carbocycles. The third kappa shape index (κ3) is 2.48. The number of hydrogen-bond donors (Lipinski definition) is 0. The molecule has 0 aliphatic carbocycles. The van der Waals surface area contributed by atoms with E-state index >= 15 is 0 Å². The molecule has 1 unspecified atom stereocenters. The maximum absolute atomic E-state index is 12.3. The Morgan fingerprint density at radius 1 is 1.69 bits per heavy atom. The van der Waals surface area contributed by atoms with E-state index in [-0.39, 0.29) is 5.91 Å². The van der Waals surface area contributed by atoms with Crippen molar-refractivity contribution in [2.24, 2.45) is 5.92 Å². The van der Waals surface area contributed by atoms with Crippen molar-refractivity contribution in [3.8, 4) is 0 Å². The second-order valence-electron chi connectivity index (χ2n) is 4.35. The van der Waals surface area contributed by atoms with Crippen LogP contribution in [0.4, 0.5) is 0 Å². The van der Waals surface area contributed by atoms with Crippen molar-refractivity contribution in [1.29, 1.82) is 0 Å². The number of halogens is 1. The molecule has 0 spiro atoms. The summed E-state index contributed by atoms with van der Waals surface area (Å²) in [7, 11) is 0. The fourth-order valence-corrected chi connectivity index (χ4v) is 3.53. The lowest BCUT2D eigenvalue weighted by Gasteiger charge is -2.31. The molecule has 2 heterocycles. The highest BCUT2D eigenvalue weighted by Gasteiger charge is 2.25. The summed E-state index contributed by atoms with van der Waals surface area (Å²) in [6.07, 6.45) is 2.37. The standard InChI is InChI=1S/C12H16BrNOS/c1-9-4-6-16-11(9)12(15)14-5-2-3-10(7-13)8-14/h4,6,10H,2-3,5,7-8H2,1H3. The van der Waals surface area contributed by atoms with Crippen LogP contribution in [0.15, 0.2) is 11.4 Å². The largest absolute Gasteiger partial charge is 0.338 e. The van der Waals surface area contributed by atoms with Crippen LogP contribution in [0.25, 0.3) is 0 Å². The maximum Gasteiger partial charge on any atom is 0.264 e. The Morgan fingerprint density at radius 2 is 2.50 bits per heavy atom. The Morgan fingerprint density at radius 3 is 3.12 bits per heavy atom. The molecule has 0 bridgehead atoms. The van der Waals surface area contributed by atoms with E-state index in [9.17, 15) is 4.79 Å². The molecule has 1 aliphatic heterocycles. The Labute approximate surface area is 109 Å². The van der Waals surface area contributed by atoms with Gasteiger partial charge in [-0.15, -0.1) is 11.3 Å². The summed E-state index contributed by atoms with van der Waals surface area (Å²) in [6.45, 7) is 3.83. The van der Waals surface area contributed by atoms with Gasteiger partial charge in [0.15, 0.2) is 0 Å². The first-order chi connectivity index (χ1) is 7.72. The van der Waals surface area contributed by atoms with Gasteiger partial charge in [-0.05, 0) is 42.7 Å². The number of rotatable bonds is 2. The van der Waals surface area contributed by atoms with Crippen LogP contribution in [0.1, 0.15) is 28.1 Å². The van der Waals surface area contributed by atoms with Crippen LogP contribution < -0.4 is 0 Å². The molecule has 2 nitrogen and oxygen atoms in total. The highest BCUT2D eigenvalue weighted by Crippen LogP contribution is 2.23. The first-order valence-electron chi connectivity index (χ1n) is 5.61. The third-order valence-electron chi connectivity index (χ3n) is 3.08. The van der Waals surface area contributed by atoms with Crippen LogP contribution in [0.5, 0.6) is 0 Å². The second-order valence-corrected chi connectivity index (χ2v) is 5.91. The van der Waals surface area contributed by atoms with Gasteiger partial charge in [0.05, 0.1) is 4.88 Å². The summed E-state index contributed by atoms with van der Waals surface area (Å²) in [5.74, 6) is 0.844. The van der Waals surface area contributed by atoms with Crippen molar-refractivity contribution < 1.29 is 4.79 Å². The van der Waals surface area contributed by atoms with Crippen molar-refractivity contribution in [3.63, 3.8) is 0 Å². The minimum atomic E-state index is 0.221. The summed E-state index contributed by atoms with van der Waals surface area (Å²) in [5, 5.41) is 2.99. The summed E-state index contributed by atoms with van der Waals surface area (Å²) < 4.78 is 0. The topological polar surface area (TPSA) is 20.3 Å². The quantitative estimate of drug-likeness (QED) is 0.768. The Bertz CT molecular complexity index is 377. The summed E-state index contributed by atoms with van der Waals surface area (Å²) in [4.78, 5) is 15.2. The molecule has 2 rings (SSSR count). The number of alkyl halides is 1. The molecule has 88 valence electrons. The van der Waals surface area contributed by atoms with Crippen molar-refractivity contribution in [2.75, 3.05) is 18.4 Å². The van der Waals surface area contributed by atoms with Gasteiger partial charge in [-0.2, -0.15) is 0 Å². The Balaban J connectivity index is 2.07. The lowest BCUT2D eigenvalue weighted by atomic mass is 10.00. The van der Waals surface area contributed by atoms with Crippen LogP contribution in [-0.4, -0.2) is 29.2 Å². The normalized spacial score (nSPS) is 21.1. The van der Waals surface area contributed by atoms with Crippen molar-refractivity contribution in [1.82, 2.24) is 4.90 Å². The molecule has 16 heavy (non-hydrogen) atoms. The number of amides is 1. The predicted octanol–water partition coefficient (Wildman–Crippen LogP) is 3.30. The minimum Gasteiger partial charge on any atom is -0.338 e. The average Bonchev–Trinajstić information content (AvgIpc) is 2.74. The van der Waals surface area contributed by atoms with Crippen molar-refractivity contribution in [3.05, 3.63) is 21.9 Å². The molecule has 0 radical (unpaired) electrons. The van der Waals surface area contributed by atoms with Gasteiger partial charge in [-0.25, -0.2) is 0 Å². The van der Waals surface area contributed by atoms with E-state index in [4.69, 9.17) is 0 Å². The van der Waals surface area contributed by atoms with E-state index < -0.39 is 0 Å². The lowest BCUT2D eigenvalue weighted by Crippen LogP contribution is -2.40. The number of nitrogens with zero attached hydrogens (tertiary/aromatic N) is 1. The van der Waals surface area contributed by atoms with Crippen molar-refractivity contribution >= 4 is 33.2 Å². The van der Waals surface area contributed by atoms with Gasteiger partial charge in [-0.1, -0.05) is 15.9 Å². The smallest absolute Gasteiger partial charge is 0.264 e. The number of likely N-dealkylation sites (tertiary alicyclic amines) is 1. The van der Waals surface area contributed by atoms with E-state index in [0.29, 0.717) is 5.92 Å². The van der Waals surface area contributed by atoms with Gasteiger partial charge in [-0.3, -0.25) is 4.79 Å². The predicted molar refractivity (Wildman–Crippen MR) is 71.5 cm³/mol. The van der Waals surface area contributed by atoms with Crippen LogP contribution in [0.2, 0.25) is 0 Å². The molecular weight excluding hydrogens is 286 g/mol. The molecule has 1 saturated heterocycles. The number of carbonyl (C=O) groups is 1. The average molecular weight is 302 g/mol. The van der Waals surface area contributed by atoms with Gasteiger partial charge in [0.2, 0.25) is 0 Å². The Kier molecular flexibility index (Phi) is 4.03. The van der Waals surface area contributed by atoms with E-state index in [1.54, 1.807) is 11.3 Å². The van der Waals surface area contributed by atoms with Crippen LogP contribution in [0, 0.1) is 12.8 Å². The fraction of sp³-hybridized carbons (Fsp3) is 0.583. The molecule has 0 N–H and O–H groups in total. The SMILES string of the molecule is Cc1ccsc1C(=O)N1CCCC(CBr)C1. The third-order valence-corrected chi connectivity index (χ3v) is 5.00. The van der Waals surface area contributed by atoms with Gasteiger partial charge in [0, 0.05) is 18.4 Å². The summed E-state index contributed by atoms with van der Waals surface area (Å²) in [5.41, 5.74) is 1.11. The lowest BCUT2D eigenvalue weighted by molar-refractivity contribution is 0.0690. The van der Waals surface area contributed by atoms with Crippen LogP contribution in [-0.2, 0) is 0 Å². The van der Waals surface area contributed by atoms with E-state index in [1.807, 2.05) is 23.3 Å². The Hall–Kier alpha value is -0.350.